The molecule has 2 aromatic rings. The maximum atomic E-state index is 11.8. The molecule has 0 radical (unpaired) electrons. The summed E-state index contributed by atoms with van der Waals surface area (Å²) in [6.07, 6.45) is 0. The molecule has 0 fully saturated rings. The summed E-state index contributed by atoms with van der Waals surface area (Å²) >= 11 is 0. The van der Waals surface area contributed by atoms with Crippen LogP contribution >= 0.6 is 0 Å². The van der Waals surface area contributed by atoms with Crippen molar-refractivity contribution in [3.8, 4) is 5.75 Å². The van der Waals surface area contributed by atoms with Crippen molar-refractivity contribution in [1.82, 2.24) is 0 Å². The SMILES string of the molecule is O=C(c1ccccc1)S(=O)(=O)Oc1ccccc1.[H-].[Na+]. The molecule has 94 valence electrons. The van der Waals surface area contributed by atoms with Crippen LogP contribution in [0.15, 0.2) is 60.7 Å². The van der Waals surface area contributed by atoms with Crippen molar-refractivity contribution in [2.75, 3.05) is 0 Å². The Morgan fingerprint density at radius 1 is 0.895 bits per heavy atom. The minimum absolute atomic E-state index is 0. The van der Waals surface area contributed by atoms with E-state index in [0.29, 0.717) is 0 Å². The van der Waals surface area contributed by atoms with Crippen molar-refractivity contribution in [3.63, 3.8) is 0 Å². The third-order valence-corrected chi connectivity index (χ3v) is 3.29. The molecule has 4 nitrogen and oxygen atoms in total. The van der Waals surface area contributed by atoms with E-state index in [9.17, 15) is 13.2 Å². The Kier molecular flexibility index (Phi) is 5.75. The molecule has 0 atom stereocenters. The number of rotatable bonds is 3. The first-order valence-electron chi connectivity index (χ1n) is 5.18. The zero-order valence-corrected chi connectivity index (χ0v) is 13.1. The van der Waals surface area contributed by atoms with Crippen molar-refractivity contribution >= 4 is 15.2 Å². The number of benzene rings is 2. The van der Waals surface area contributed by atoms with Crippen molar-refractivity contribution in [3.05, 3.63) is 66.2 Å². The molecule has 0 amide bonds. The molecule has 0 saturated heterocycles. The zero-order valence-electron chi connectivity index (χ0n) is 11.3. The van der Waals surface area contributed by atoms with E-state index < -0.39 is 15.2 Å². The number of carbonyl (C=O) groups is 1. The largest absolute Gasteiger partial charge is 1.00 e. The van der Waals surface area contributed by atoms with Gasteiger partial charge in [0.2, 0.25) is 0 Å². The summed E-state index contributed by atoms with van der Waals surface area (Å²) in [5, 5.41) is -1.05. The van der Waals surface area contributed by atoms with Gasteiger partial charge in [0.25, 0.3) is 0 Å². The molecule has 0 aromatic heterocycles. The van der Waals surface area contributed by atoms with E-state index in [1.54, 1.807) is 36.4 Å². The van der Waals surface area contributed by atoms with Gasteiger partial charge in [-0.2, -0.15) is 8.42 Å². The molecule has 2 aromatic carbocycles. The summed E-state index contributed by atoms with van der Waals surface area (Å²) in [6, 6.07) is 15.6. The Morgan fingerprint density at radius 2 is 1.37 bits per heavy atom. The minimum Gasteiger partial charge on any atom is -1.00 e. The summed E-state index contributed by atoms with van der Waals surface area (Å²) in [5.41, 5.74) is 0.0773. The van der Waals surface area contributed by atoms with Crippen LogP contribution < -0.4 is 33.7 Å². The van der Waals surface area contributed by atoms with Gasteiger partial charge in [-0.1, -0.05) is 48.5 Å². The van der Waals surface area contributed by atoms with Crippen molar-refractivity contribution in [2.45, 2.75) is 0 Å². The molecule has 0 aliphatic rings. The molecule has 0 aliphatic heterocycles. The Labute approximate surface area is 135 Å². The number of hydrogen-bond acceptors (Lipinski definition) is 4. The molecular weight excluding hydrogens is 275 g/mol. The molecule has 0 spiro atoms. The fourth-order valence-corrected chi connectivity index (χ4v) is 2.22. The smallest absolute Gasteiger partial charge is 1.00 e. The van der Waals surface area contributed by atoms with E-state index in [4.69, 9.17) is 4.18 Å². The fourth-order valence-electron chi connectivity index (χ4n) is 1.36. The van der Waals surface area contributed by atoms with Crippen LogP contribution in [0, 0.1) is 0 Å². The summed E-state index contributed by atoms with van der Waals surface area (Å²) in [4.78, 5) is 11.8. The van der Waals surface area contributed by atoms with E-state index in [1.165, 1.54) is 24.3 Å². The second-order valence-corrected chi connectivity index (χ2v) is 4.95. The number of hydrogen-bond donors (Lipinski definition) is 0. The van der Waals surface area contributed by atoms with Gasteiger partial charge < -0.3 is 5.61 Å². The first kappa shape index (κ1) is 15.9. The predicted molar refractivity (Wildman–Crippen MR) is 67.9 cm³/mol. The average molecular weight is 286 g/mol. The molecule has 6 heteroatoms. The average Bonchev–Trinajstić information content (AvgIpc) is 2.39. The number of carbonyl (C=O) groups excluding carboxylic acids is 1. The molecule has 0 unspecified atom stereocenters. The quantitative estimate of drug-likeness (QED) is 0.556. The van der Waals surface area contributed by atoms with Gasteiger partial charge in [-0.3, -0.25) is 4.79 Å². The van der Waals surface area contributed by atoms with Gasteiger partial charge in [-0.25, -0.2) is 0 Å². The van der Waals surface area contributed by atoms with Gasteiger partial charge in [0.15, 0.2) is 0 Å². The molecule has 0 heterocycles. The molecule has 0 N–H and O–H groups in total. The van der Waals surface area contributed by atoms with Crippen molar-refractivity contribution in [1.29, 1.82) is 0 Å². The summed E-state index contributed by atoms with van der Waals surface area (Å²) in [5.74, 6) is 0.113. The minimum atomic E-state index is -4.31. The first-order chi connectivity index (χ1) is 8.59. The molecular formula is C13H11NaO4S. The van der Waals surface area contributed by atoms with Crippen LogP contribution in [-0.4, -0.2) is 13.5 Å². The Bertz CT molecular complexity index is 645. The Balaban J connectivity index is 0.00000180. The van der Waals surface area contributed by atoms with Crippen LogP contribution in [0.1, 0.15) is 11.8 Å². The van der Waals surface area contributed by atoms with Gasteiger partial charge in [-0.15, -0.1) is 0 Å². The van der Waals surface area contributed by atoms with Gasteiger partial charge in [0.05, 0.1) is 0 Å². The third kappa shape index (κ3) is 4.18. The fraction of sp³-hybridized carbons (Fsp3) is 0. The zero-order chi connectivity index (χ0) is 13.0. The molecule has 19 heavy (non-hydrogen) atoms. The summed E-state index contributed by atoms with van der Waals surface area (Å²) in [7, 11) is -4.31. The van der Waals surface area contributed by atoms with Crippen LogP contribution in [0.2, 0.25) is 0 Å². The normalized spacial score (nSPS) is 10.3. The van der Waals surface area contributed by atoms with Crippen molar-refractivity contribution < 1.29 is 48.4 Å². The first-order valence-corrected chi connectivity index (χ1v) is 6.59. The van der Waals surface area contributed by atoms with Gasteiger partial charge in [0.1, 0.15) is 5.75 Å². The van der Waals surface area contributed by atoms with Gasteiger partial charge in [-0.05, 0) is 12.1 Å². The van der Waals surface area contributed by atoms with Crippen LogP contribution in [-0.2, 0) is 10.1 Å². The topological polar surface area (TPSA) is 60.4 Å². The summed E-state index contributed by atoms with van der Waals surface area (Å²) < 4.78 is 28.2. The maximum Gasteiger partial charge on any atom is 1.00 e. The van der Waals surface area contributed by atoms with Crippen LogP contribution in [0.3, 0.4) is 0 Å². The molecule has 0 bridgehead atoms. The Morgan fingerprint density at radius 3 is 1.89 bits per heavy atom. The van der Waals surface area contributed by atoms with Crippen LogP contribution in [0.4, 0.5) is 0 Å². The molecule has 0 aliphatic carbocycles. The number of para-hydroxylation sites is 1. The van der Waals surface area contributed by atoms with Gasteiger partial charge in [0, 0.05) is 5.56 Å². The maximum absolute atomic E-state index is 11.8. The van der Waals surface area contributed by atoms with Crippen LogP contribution in [0.5, 0.6) is 5.75 Å². The van der Waals surface area contributed by atoms with E-state index in [-0.39, 0.29) is 42.3 Å². The summed E-state index contributed by atoms with van der Waals surface area (Å²) in [6.45, 7) is 0. The van der Waals surface area contributed by atoms with E-state index in [2.05, 4.69) is 0 Å². The van der Waals surface area contributed by atoms with E-state index in [0.717, 1.165) is 0 Å². The molecule has 2 rings (SSSR count). The van der Waals surface area contributed by atoms with Crippen LogP contribution in [0.25, 0.3) is 0 Å². The second kappa shape index (κ2) is 6.86. The van der Waals surface area contributed by atoms with E-state index >= 15 is 0 Å². The predicted octanol–water partition coefficient (Wildman–Crippen LogP) is -0.648. The van der Waals surface area contributed by atoms with E-state index in [1.807, 2.05) is 0 Å². The third-order valence-electron chi connectivity index (χ3n) is 2.19. The Hall–Kier alpha value is -1.14. The molecule has 0 saturated carbocycles. The van der Waals surface area contributed by atoms with Crippen molar-refractivity contribution in [2.24, 2.45) is 0 Å². The monoisotopic (exact) mass is 286 g/mol. The van der Waals surface area contributed by atoms with Gasteiger partial charge >= 0.3 is 44.8 Å². The second-order valence-electron chi connectivity index (χ2n) is 3.50. The standard InChI is InChI=1S/C13H10O4S.Na.H/c14-13(11-7-3-1-4-8-11)18(15,16)17-12-9-5-2-6-10-12;;/h1-10H;;/q;+1;-1.